The second-order valence-electron chi connectivity index (χ2n) is 8.39. The molecule has 3 aromatic rings. The molecule has 1 amide bonds. The van der Waals surface area contributed by atoms with E-state index in [1.807, 2.05) is 37.3 Å². The number of nitrogens with zero attached hydrogens (tertiary/aromatic N) is 1. The first-order valence-electron chi connectivity index (χ1n) is 11.8. The summed E-state index contributed by atoms with van der Waals surface area (Å²) in [6, 6.07) is 18.0. The summed E-state index contributed by atoms with van der Waals surface area (Å²) in [5.74, 6) is 1.33. The topological polar surface area (TPSA) is 74.3 Å². The van der Waals surface area contributed by atoms with E-state index in [-0.39, 0.29) is 5.91 Å². The molecule has 0 aliphatic carbocycles. The van der Waals surface area contributed by atoms with Gasteiger partial charge in [0.1, 0.15) is 4.32 Å². The summed E-state index contributed by atoms with van der Waals surface area (Å²) in [6.07, 6.45) is 2.36. The molecule has 9 heteroatoms. The van der Waals surface area contributed by atoms with Crippen LogP contribution >= 0.6 is 24.0 Å². The molecule has 0 radical (unpaired) electrons. The van der Waals surface area contributed by atoms with Crippen LogP contribution in [0.1, 0.15) is 27.0 Å². The van der Waals surface area contributed by atoms with Gasteiger partial charge in [-0.2, -0.15) is 0 Å². The van der Waals surface area contributed by atoms with Crippen molar-refractivity contribution in [3.05, 3.63) is 87.8 Å². The number of hydrogen-bond donors (Lipinski definition) is 0. The lowest BCUT2D eigenvalue weighted by atomic mass is 10.1. The number of carbonyl (C=O) groups excluding carboxylic acids is 2. The zero-order valence-electron chi connectivity index (χ0n) is 21.5. The van der Waals surface area contributed by atoms with Gasteiger partial charge in [0, 0.05) is 6.54 Å². The standard InChI is InChI=1S/C29H27NO6S2/c1-18-7-5-6-8-21(18)28(32)36-23-12-10-20(16-25(23)35-4)17-26-27(31)30(29(37)38-26)14-13-19-9-11-22(33-2)24(15-19)34-3/h5-12,15-17H,13-14H2,1-4H3/b26-17-. The Morgan fingerprint density at radius 2 is 1.61 bits per heavy atom. The quantitative estimate of drug-likeness (QED) is 0.146. The van der Waals surface area contributed by atoms with Crippen LogP contribution in [0.3, 0.4) is 0 Å². The minimum absolute atomic E-state index is 0.158. The zero-order chi connectivity index (χ0) is 27.2. The van der Waals surface area contributed by atoms with Crippen molar-refractivity contribution in [1.82, 2.24) is 4.90 Å². The number of esters is 1. The second-order valence-corrected chi connectivity index (χ2v) is 10.1. The molecule has 1 heterocycles. The third kappa shape index (κ3) is 6.00. The van der Waals surface area contributed by atoms with E-state index >= 15 is 0 Å². The van der Waals surface area contributed by atoms with Gasteiger partial charge in [-0.25, -0.2) is 4.79 Å². The third-order valence-electron chi connectivity index (χ3n) is 6.00. The summed E-state index contributed by atoms with van der Waals surface area (Å²) >= 11 is 6.74. The number of carbonyl (C=O) groups is 2. The Balaban J connectivity index is 1.46. The molecular weight excluding hydrogens is 522 g/mol. The largest absolute Gasteiger partial charge is 0.493 e. The van der Waals surface area contributed by atoms with Gasteiger partial charge < -0.3 is 18.9 Å². The predicted molar refractivity (Wildman–Crippen MR) is 152 cm³/mol. The third-order valence-corrected chi connectivity index (χ3v) is 7.38. The monoisotopic (exact) mass is 549 g/mol. The summed E-state index contributed by atoms with van der Waals surface area (Å²) in [4.78, 5) is 27.9. The Morgan fingerprint density at radius 3 is 2.32 bits per heavy atom. The number of methoxy groups -OCH3 is 3. The molecule has 1 saturated heterocycles. The molecular formula is C29H27NO6S2. The van der Waals surface area contributed by atoms with Crippen LogP contribution in [0, 0.1) is 6.92 Å². The van der Waals surface area contributed by atoms with E-state index in [0.29, 0.717) is 50.8 Å². The minimum atomic E-state index is -0.468. The zero-order valence-corrected chi connectivity index (χ0v) is 23.1. The fourth-order valence-electron chi connectivity index (χ4n) is 3.94. The van der Waals surface area contributed by atoms with Crippen molar-refractivity contribution in [1.29, 1.82) is 0 Å². The second kappa shape index (κ2) is 12.1. The molecule has 0 bridgehead atoms. The molecule has 0 unspecified atom stereocenters. The Morgan fingerprint density at radius 1 is 0.921 bits per heavy atom. The Labute approximate surface area is 231 Å². The normalized spacial score (nSPS) is 14.1. The van der Waals surface area contributed by atoms with Gasteiger partial charge in [-0.3, -0.25) is 9.69 Å². The number of rotatable bonds is 9. The van der Waals surface area contributed by atoms with Crippen LogP contribution in [0.15, 0.2) is 65.6 Å². The first-order valence-corrected chi connectivity index (χ1v) is 13.0. The molecule has 7 nitrogen and oxygen atoms in total. The highest BCUT2D eigenvalue weighted by atomic mass is 32.2. The molecule has 1 aliphatic rings. The van der Waals surface area contributed by atoms with Crippen molar-refractivity contribution in [3.63, 3.8) is 0 Å². The van der Waals surface area contributed by atoms with E-state index in [2.05, 4.69) is 0 Å². The van der Waals surface area contributed by atoms with E-state index in [9.17, 15) is 9.59 Å². The molecule has 1 aliphatic heterocycles. The number of hydrogen-bond acceptors (Lipinski definition) is 8. The van der Waals surface area contributed by atoms with Gasteiger partial charge in [0.25, 0.3) is 5.91 Å². The van der Waals surface area contributed by atoms with Crippen LogP contribution in [0.4, 0.5) is 0 Å². The molecule has 0 spiro atoms. The van der Waals surface area contributed by atoms with Crippen LogP contribution in [-0.2, 0) is 11.2 Å². The molecule has 1 fully saturated rings. The number of amides is 1. The minimum Gasteiger partial charge on any atom is -0.493 e. The van der Waals surface area contributed by atoms with E-state index in [0.717, 1.165) is 16.7 Å². The van der Waals surface area contributed by atoms with Gasteiger partial charge in [0.15, 0.2) is 23.0 Å². The molecule has 3 aromatic carbocycles. The first kappa shape index (κ1) is 27.2. The number of ether oxygens (including phenoxy) is 4. The van der Waals surface area contributed by atoms with Crippen molar-refractivity contribution in [2.45, 2.75) is 13.3 Å². The lowest BCUT2D eigenvalue weighted by Crippen LogP contribution is -2.30. The lowest BCUT2D eigenvalue weighted by Gasteiger charge is -2.15. The van der Waals surface area contributed by atoms with E-state index in [1.165, 1.54) is 18.9 Å². The van der Waals surface area contributed by atoms with Crippen molar-refractivity contribution in [2.24, 2.45) is 0 Å². The van der Waals surface area contributed by atoms with Crippen LogP contribution < -0.4 is 18.9 Å². The number of aryl methyl sites for hydroxylation is 1. The van der Waals surface area contributed by atoms with Gasteiger partial charge in [0.2, 0.25) is 0 Å². The van der Waals surface area contributed by atoms with Gasteiger partial charge in [0.05, 0.1) is 31.8 Å². The molecule has 196 valence electrons. The highest BCUT2D eigenvalue weighted by Crippen LogP contribution is 2.35. The molecule has 38 heavy (non-hydrogen) atoms. The van der Waals surface area contributed by atoms with Gasteiger partial charge in [-0.15, -0.1) is 0 Å². The molecule has 0 atom stereocenters. The maximum Gasteiger partial charge on any atom is 0.343 e. The summed E-state index contributed by atoms with van der Waals surface area (Å²) in [5, 5.41) is 0. The molecule has 0 aromatic heterocycles. The SMILES string of the molecule is COc1ccc(CCN2C(=O)/C(=C/c3ccc(OC(=O)c4ccccc4C)c(OC)c3)SC2=S)cc1OC. The summed E-state index contributed by atoms with van der Waals surface area (Å²) in [7, 11) is 4.67. The maximum atomic E-state index is 13.1. The summed E-state index contributed by atoms with van der Waals surface area (Å²) < 4.78 is 22.2. The summed E-state index contributed by atoms with van der Waals surface area (Å²) in [6.45, 7) is 2.29. The number of thioether (sulfide) groups is 1. The smallest absolute Gasteiger partial charge is 0.343 e. The Kier molecular flexibility index (Phi) is 8.70. The van der Waals surface area contributed by atoms with Crippen LogP contribution in [0.5, 0.6) is 23.0 Å². The van der Waals surface area contributed by atoms with Gasteiger partial charge in [-0.1, -0.05) is 54.3 Å². The van der Waals surface area contributed by atoms with Crippen molar-refractivity contribution in [3.8, 4) is 23.0 Å². The van der Waals surface area contributed by atoms with E-state index in [1.54, 1.807) is 55.5 Å². The van der Waals surface area contributed by atoms with Crippen LogP contribution in [-0.4, -0.2) is 49.0 Å². The van der Waals surface area contributed by atoms with Crippen molar-refractivity contribution >= 4 is 46.3 Å². The molecule has 0 N–H and O–H groups in total. The number of benzene rings is 3. The Hall–Kier alpha value is -3.82. The highest BCUT2D eigenvalue weighted by molar-refractivity contribution is 8.26. The lowest BCUT2D eigenvalue weighted by molar-refractivity contribution is -0.122. The fourth-order valence-corrected chi connectivity index (χ4v) is 5.24. The van der Waals surface area contributed by atoms with E-state index < -0.39 is 5.97 Å². The van der Waals surface area contributed by atoms with Crippen molar-refractivity contribution in [2.75, 3.05) is 27.9 Å². The van der Waals surface area contributed by atoms with Crippen LogP contribution in [0.2, 0.25) is 0 Å². The first-order chi connectivity index (χ1) is 18.3. The average Bonchev–Trinajstić information content (AvgIpc) is 3.19. The number of thiocarbonyl (C=S) groups is 1. The highest BCUT2D eigenvalue weighted by Gasteiger charge is 2.31. The van der Waals surface area contributed by atoms with E-state index in [4.69, 9.17) is 31.2 Å². The maximum absolute atomic E-state index is 13.1. The average molecular weight is 550 g/mol. The Bertz CT molecular complexity index is 1420. The fraction of sp³-hybridized carbons (Fsp3) is 0.207. The summed E-state index contributed by atoms with van der Waals surface area (Å²) in [5.41, 5.74) is 3.02. The van der Waals surface area contributed by atoms with Crippen LogP contribution in [0.25, 0.3) is 6.08 Å². The van der Waals surface area contributed by atoms with Crippen molar-refractivity contribution < 1.29 is 28.5 Å². The molecule has 4 rings (SSSR count). The van der Waals surface area contributed by atoms with Gasteiger partial charge in [-0.05, 0) is 66.4 Å². The predicted octanol–water partition coefficient (Wildman–Crippen LogP) is 5.68. The van der Waals surface area contributed by atoms with Gasteiger partial charge >= 0.3 is 5.97 Å². The molecule has 0 saturated carbocycles.